The minimum Gasteiger partial charge on any atom is -0.319 e. The summed E-state index contributed by atoms with van der Waals surface area (Å²) in [6, 6.07) is 3.52. The van der Waals surface area contributed by atoms with E-state index < -0.39 is 10.2 Å². The SMILES string of the molecule is CNCC1CCCN(S(=O)(=O)Nc2ccc(C)nc2)C1. The van der Waals surface area contributed by atoms with Gasteiger partial charge in [-0.05, 0) is 51.4 Å². The molecule has 1 aromatic rings. The van der Waals surface area contributed by atoms with Gasteiger partial charge in [-0.25, -0.2) is 0 Å². The molecule has 2 N–H and O–H groups in total. The van der Waals surface area contributed by atoms with Crippen molar-refractivity contribution in [2.75, 3.05) is 31.4 Å². The van der Waals surface area contributed by atoms with E-state index in [9.17, 15) is 8.42 Å². The van der Waals surface area contributed by atoms with Crippen LogP contribution in [0.2, 0.25) is 0 Å². The highest BCUT2D eigenvalue weighted by Crippen LogP contribution is 2.20. The first-order valence-corrected chi connectivity index (χ1v) is 8.30. The Hall–Kier alpha value is -1.18. The number of piperidine rings is 1. The number of pyridine rings is 1. The molecule has 20 heavy (non-hydrogen) atoms. The molecular formula is C13H22N4O2S. The van der Waals surface area contributed by atoms with Gasteiger partial charge in [-0.15, -0.1) is 0 Å². The number of nitrogens with one attached hydrogen (secondary N) is 2. The second kappa shape index (κ2) is 6.51. The van der Waals surface area contributed by atoms with Crippen LogP contribution in [0.25, 0.3) is 0 Å². The molecule has 0 aliphatic carbocycles. The number of hydrogen-bond donors (Lipinski definition) is 2. The standard InChI is InChI=1S/C13H22N4O2S/c1-11-5-6-13(9-15-11)16-20(18,19)17-7-3-4-12(10-17)8-14-2/h5-6,9,12,14,16H,3-4,7-8,10H2,1-2H3. The molecule has 0 amide bonds. The van der Waals surface area contributed by atoms with Crippen molar-refractivity contribution in [2.24, 2.45) is 5.92 Å². The molecule has 1 aromatic heterocycles. The van der Waals surface area contributed by atoms with E-state index in [1.807, 2.05) is 14.0 Å². The lowest BCUT2D eigenvalue weighted by molar-refractivity contribution is 0.264. The van der Waals surface area contributed by atoms with Crippen LogP contribution in [0.3, 0.4) is 0 Å². The fourth-order valence-electron chi connectivity index (χ4n) is 2.44. The lowest BCUT2D eigenvalue weighted by Gasteiger charge is -2.31. The van der Waals surface area contributed by atoms with Crippen LogP contribution in [-0.2, 0) is 10.2 Å². The fraction of sp³-hybridized carbons (Fsp3) is 0.615. The summed E-state index contributed by atoms with van der Waals surface area (Å²) in [5.74, 6) is 0.376. The van der Waals surface area contributed by atoms with Gasteiger partial charge in [0.1, 0.15) is 0 Å². The van der Waals surface area contributed by atoms with Gasteiger partial charge in [0, 0.05) is 18.8 Å². The molecule has 1 aliphatic heterocycles. The van der Waals surface area contributed by atoms with Crippen LogP contribution in [0.1, 0.15) is 18.5 Å². The van der Waals surface area contributed by atoms with Crippen LogP contribution < -0.4 is 10.0 Å². The predicted molar refractivity (Wildman–Crippen MR) is 79.7 cm³/mol. The van der Waals surface area contributed by atoms with Crippen LogP contribution >= 0.6 is 0 Å². The molecule has 0 aromatic carbocycles. The van der Waals surface area contributed by atoms with Crippen molar-refractivity contribution in [3.63, 3.8) is 0 Å². The molecule has 2 heterocycles. The van der Waals surface area contributed by atoms with E-state index in [0.29, 0.717) is 24.7 Å². The Morgan fingerprint density at radius 1 is 1.45 bits per heavy atom. The third kappa shape index (κ3) is 3.91. The van der Waals surface area contributed by atoms with Gasteiger partial charge in [0.15, 0.2) is 0 Å². The maximum atomic E-state index is 12.4. The Morgan fingerprint density at radius 3 is 2.90 bits per heavy atom. The zero-order valence-electron chi connectivity index (χ0n) is 12.0. The van der Waals surface area contributed by atoms with Crippen molar-refractivity contribution in [1.29, 1.82) is 0 Å². The van der Waals surface area contributed by atoms with Crippen LogP contribution in [0.15, 0.2) is 18.3 Å². The summed E-state index contributed by atoms with van der Waals surface area (Å²) in [5.41, 5.74) is 1.37. The summed E-state index contributed by atoms with van der Waals surface area (Å²) in [6.45, 7) is 3.85. The number of anilines is 1. The van der Waals surface area contributed by atoms with E-state index >= 15 is 0 Å². The fourth-order valence-corrected chi connectivity index (χ4v) is 3.77. The molecule has 1 aliphatic rings. The number of aromatic nitrogens is 1. The Bertz CT molecular complexity index is 528. The molecule has 1 fully saturated rings. The summed E-state index contributed by atoms with van der Waals surface area (Å²) in [7, 11) is -1.59. The molecule has 6 nitrogen and oxygen atoms in total. The lowest BCUT2D eigenvalue weighted by Crippen LogP contribution is -2.44. The van der Waals surface area contributed by atoms with E-state index in [0.717, 1.165) is 25.1 Å². The second-order valence-electron chi connectivity index (χ2n) is 5.22. The minimum absolute atomic E-state index is 0.376. The van der Waals surface area contributed by atoms with Gasteiger partial charge < -0.3 is 5.32 Å². The summed E-state index contributed by atoms with van der Waals surface area (Å²) in [4.78, 5) is 4.10. The van der Waals surface area contributed by atoms with Gasteiger partial charge in [-0.2, -0.15) is 12.7 Å². The molecule has 2 rings (SSSR count). The summed E-state index contributed by atoms with van der Waals surface area (Å²) in [6.07, 6.45) is 3.51. The van der Waals surface area contributed by atoms with Gasteiger partial charge >= 0.3 is 10.2 Å². The van der Waals surface area contributed by atoms with Crippen molar-refractivity contribution < 1.29 is 8.42 Å². The number of nitrogens with zero attached hydrogens (tertiary/aromatic N) is 2. The van der Waals surface area contributed by atoms with E-state index in [1.165, 1.54) is 4.31 Å². The Morgan fingerprint density at radius 2 is 2.25 bits per heavy atom. The van der Waals surface area contributed by atoms with E-state index in [-0.39, 0.29) is 0 Å². The van der Waals surface area contributed by atoms with E-state index in [2.05, 4.69) is 15.0 Å². The monoisotopic (exact) mass is 298 g/mol. The molecule has 0 radical (unpaired) electrons. The quantitative estimate of drug-likeness (QED) is 0.850. The summed E-state index contributed by atoms with van der Waals surface area (Å²) < 4.78 is 28.8. The largest absolute Gasteiger partial charge is 0.319 e. The molecule has 1 saturated heterocycles. The first-order valence-electron chi connectivity index (χ1n) is 6.86. The summed E-state index contributed by atoms with van der Waals surface area (Å²) in [5, 5.41) is 3.11. The molecule has 0 bridgehead atoms. The lowest BCUT2D eigenvalue weighted by atomic mass is 10.00. The van der Waals surface area contributed by atoms with Crippen LogP contribution in [0.5, 0.6) is 0 Å². The van der Waals surface area contributed by atoms with E-state index in [4.69, 9.17) is 0 Å². The van der Waals surface area contributed by atoms with Gasteiger partial charge in [-0.1, -0.05) is 0 Å². The third-order valence-electron chi connectivity index (χ3n) is 3.47. The molecule has 112 valence electrons. The average molecular weight is 298 g/mol. The first kappa shape index (κ1) is 15.2. The van der Waals surface area contributed by atoms with Crippen molar-refractivity contribution in [1.82, 2.24) is 14.6 Å². The van der Waals surface area contributed by atoms with Crippen molar-refractivity contribution >= 4 is 15.9 Å². The molecular weight excluding hydrogens is 276 g/mol. The highest BCUT2D eigenvalue weighted by atomic mass is 32.2. The first-order chi connectivity index (χ1) is 9.51. The molecule has 1 atom stereocenters. The van der Waals surface area contributed by atoms with Gasteiger partial charge in [-0.3, -0.25) is 9.71 Å². The Labute approximate surface area is 120 Å². The molecule has 7 heteroatoms. The molecule has 1 unspecified atom stereocenters. The van der Waals surface area contributed by atoms with Crippen LogP contribution in [0.4, 0.5) is 5.69 Å². The zero-order valence-corrected chi connectivity index (χ0v) is 12.8. The number of rotatable bonds is 5. The molecule has 0 saturated carbocycles. The second-order valence-corrected chi connectivity index (χ2v) is 6.89. The minimum atomic E-state index is -3.48. The average Bonchev–Trinajstić information content (AvgIpc) is 2.42. The highest BCUT2D eigenvalue weighted by Gasteiger charge is 2.28. The normalized spacial score (nSPS) is 20.8. The summed E-state index contributed by atoms with van der Waals surface area (Å²) >= 11 is 0. The predicted octanol–water partition coefficient (Wildman–Crippen LogP) is 0.978. The smallest absolute Gasteiger partial charge is 0.301 e. The Balaban J connectivity index is 2.04. The maximum Gasteiger partial charge on any atom is 0.301 e. The van der Waals surface area contributed by atoms with Crippen molar-refractivity contribution in [2.45, 2.75) is 19.8 Å². The topological polar surface area (TPSA) is 74.3 Å². The van der Waals surface area contributed by atoms with Crippen molar-refractivity contribution in [3.05, 3.63) is 24.0 Å². The zero-order chi connectivity index (χ0) is 14.6. The van der Waals surface area contributed by atoms with Crippen LogP contribution in [-0.4, -0.2) is 44.4 Å². The number of aryl methyl sites for hydroxylation is 1. The number of hydrogen-bond acceptors (Lipinski definition) is 4. The third-order valence-corrected chi connectivity index (χ3v) is 4.98. The highest BCUT2D eigenvalue weighted by molar-refractivity contribution is 7.90. The van der Waals surface area contributed by atoms with Gasteiger partial charge in [0.25, 0.3) is 0 Å². The van der Waals surface area contributed by atoms with Crippen molar-refractivity contribution in [3.8, 4) is 0 Å². The van der Waals surface area contributed by atoms with Gasteiger partial charge in [0.2, 0.25) is 0 Å². The Kier molecular flexibility index (Phi) is 4.95. The maximum absolute atomic E-state index is 12.4. The van der Waals surface area contributed by atoms with Crippen LogP contribution in [0, 0.1) is 12.8 Å². The van der Waals surface area contributed by atoms with Gasteiger partial charge in [0.05, 0.1) is 11.9 Å². The molecule has 0 spiro atoms. The van der Waals surface area contributed by atoms with E-state index in [1.54, 1.807) is 18.3 Å².